The molecule has 2 aliphatic heterocycles. The number of anilines is 1. The molecule has 1 saturated heterocycles. The van der Waals surface area contributed by atoms with Crippen LogP contribution >= 0.6 is 0 Å². The van der Waals surface area contributed by atoms with Crippen LogP contribution in [-0.2, 0) is 28.1 Å². The van der Waals surface area contributed by atoms with Crippen LogP contribution in [-0.4, -0.2) is 118 Å². The molecule has 1 aromatic carbocycles. The van der Waals surface area contributed by atoms with Gasteiger partial charge >= 0.3 is 0 Å². The lowest BCUT2D eigenvalue weighted by molar-refractivity contribution is -0.144. The molecule has 2 amide bonds. The fourth-order valence-corrected chi connectivity index (χ4v) is 8.25. The van der Waals surface area contributed by atoms with Crippen molar-refractivity contribution in [3.63, 3.8) is 0 Å². The smallest absolute Gasteiger partial charge is 0.237 e. The molecule has 1 saturated carbocycles. The Labute approximate surface area is 299 Å². The lowest BCUT2D eigenvalue weighted by Gasteiger charge is -2.52. The van der Waals surface area contributed by atoms with Crippen molar-refractivity contribution in [1.82, 2.24) is 39.4 Å². The van der Waals surface area contributed by atoms with Crippen LogP contribution in [0.25, 0.3) is 11.0 Å². The largest absolute Gasteiger partial charge is 0.494 e. The summed E-state index contributed by atoms with van der Waals surface area (Å²) in [5.41, 5.74) is 3.66. The number of hydrogen-bond donors (Lipinski definition) is 0. The average molecular weight is 696 g/mol. The van der Waals surface area contributed by atoms with E-state index in [1.165, 1.54) is 11.1 Å². The number of aromatic nitrogens is 5. The minimum atomic E-state index is -0.397. The van der Waals surface area contributed by atoms with Gasteiger partial charge in [0.1, 0.15) is 17.9 Å². The molecule has 1 spiro atoms. The van der Waals surface area contributed by atoms with Crippen molar-refractivity contribution in [3.05, 3.63) is 65.7 Å². The summed E-state index contributed by atoms with van der Waals surface area (Å²) in [6, 6.07) is 12.1. The second kappa shape index (κ2) is 14.8. The first-order chi connectivity index (χ1) is 24.8. The highest BCUT2D eigenvalue weighted by molar-refractivity contribution is 5.87. The van der Waals surface area contributed by atoms with Crippen molar-refractivity contribution >= 4 is 28.7 Å². The summed E-state index contributed by atoms with van der Waals surface area (Å²) in [6.45, 7) is 9.25. The predicted molar refractivity (Wildman–Crippen MR) is 194 cm³/mol. The van der Waals surface area contributed by atoms with E-state index in [1.807, 2.05) is 72.9 Å². The minimum absolute atomic E-state index is 0.0557. The normalized spacial score (nSPS) is 20.6. The van der Waals surface area contributed by atoms with Gasteiger partial charge in [0.25, 0.3) is 0 Å². The Morgan fingerprint density at radius 1 is 0.961 bits per heavy atom. The number of nitrogens with zero attached hydrogens (tertiary/aromatic N) is 9. The number of amides is 2. The van der Waals surface area contributed by atoms with E-state index >= 15 is 0 Å². The zero-order valence-corrected chi connectivity index (χ0v) is 30.3. The summed E-state index contributed by atoms with van der Waals surface area (Å²) >= 11 is 0. The van der Waals surface area contributed by atoms with Crippen molar-refractivity contribution in [3.8, 4) is 11.6 Å². The third-order valence-electron chi connectivity index (χ3n) is 10.6. The third-order valence-corrected chi connectivity index (χ3v) is 10.6. The van der Waals surface area contributed by atoms with E-state index in [9.17, 15) is 9.59 Å². The molecule has 270 valence electrons. The van der Waals surface area contributed by atoms with Gasteiger partial charge in [-0.3, -0.25) is 9.59 Å². The van der Waals surface area contributed by atoms with Gasteiger partial charge < -0.3 is 29.1 Å². The van der Waals surface area contributed by atoms with Crippen LogP contribution < -0.4 is 14.4 Å². The first-order valence-electron chi connectivity index (χ1n) is 18.3. The maximum Gasteiger partial charge on any atom is 0.237 e. The van der Waals surface area contributed by atoms with E-state index in [1.54, 1.807) is 6.33 Å². The molecule has 7 rings (SSSR count). The molecule has 3 aromatic heterocycles. The lowest BCUT2D eigenvalue weighted by atomic mass is 9.68. The average Bonchev–Trinajstić information content (AvgIpc) is 3.54. The summed E-state index contributed by atoms with van der Waals surface area (Å²) in [5, 5.41) is 5.51. The Morgan fingerprint density at radius 3 is 2.49 bits per heavy atom. The van der Waals surface area contributed by atoms with Crippen molar-refractivity contribution in [2.45, 2.75) is 58.0 Å². The van der Waals surface area contributed by atoms with Crippen LogP contribution in [0.1, 0.15) is 56.4 Å². The number of rotatable bonds is 10. The molecule has 4 aromatic rings. The molecule has 0 N–H and O–H groups in total. The van der Waals surface area contributed by atoms with Crippen LogP contribution in [0.15, 0.2) is 48.9 Å². The molecule has 13 nitrogen and oxygen atoms in total. The predicted octanol–water partition coefficient (Wildman–Crippen LogP) is 3.75. The van der Waals surface area contributed by atoms with Gasteiger partial charge in [-0.25, -0.2) is 19.6 Å². The van der Waals surface area contributed by atoms with E-state index < -0.39 is 5.54 Å². The fraction of sp³-hybridized carbons (Fsp3) is 0.526. The highest BCUT2D eigenvalue weighted by Gasteiger charge is 2.48. The molecule has 5 heterocycles. The van der Waals surface area contributed by atoms with Gasteiger partial charge in [0, 0.05) is 44.7 Å². The van der Waals surface area contributed by atoms with E-state index in [0.29, 0.717) is 64.9 Å². The molecule has 0 bridgehead atoms. The summed E-state index contributed by atoms with van der Waals surface area (Å²) in [5.74, 6) is 2.62. The second-order valence-corrected chi connectivity index (χ2v) is 14.0. The van der Waals surface area contributed by atoms with Gasteiger partial charge in [-0.2, -0.15) is 5.10 Å². The second-order valence-electron chi connectivity index (χ2n) is 14.0. The number of benzene rings is 1. The van der Waals surface area contributed by atoms with Crippen molar-refractivity contribution in [1.29, 1.82) is 0 Å². The van der Waals surface area contributed by atoms with E-state index in [4.69, 9.17) is 9.47 Å². The van der Waals surface area contributed by atoms with Crippen molar-refractivity contribution in [2.24, 2.45) is 5.92 Å². The maximum atomic E-state index is 14.0. The molecular formula is C38H49N9O4. The molecule has 3 aliphatic rings. The van der Waals surface area contributed by atoms with E-state index in [2.05, 4.69) is 42.0 Å². The van der Waals surface area contributed by atoms with Crippen molar-refractivity contribution < 1.29 is 19.1 Å². The van der Waals surface area contributed by atoms with Crippen molar-refractivity contribution in [2.75, 3.05) is 71.5 Å². The zero-order chi connectivity index (χ0) is 35.5. The van der Waals surface area contributed by atoms with E-state index in [-0.39, 0.29) is 17.7 Å². The number of carbonyl (C=O) groups is 2. The van der Waals surface area contributed by atoms with Crippen LogP contribution in [0.3, 0.4) is 0 Å². The van der Waals surface area contributed by atoms with Gasteiger partial charge in [0.15, 0.2) is 5.65 Å². The number of carbonyl (C=O) groups excluding carboxylic acids is 2. The molecule has 51 heavy (non-hydrogen) atoms. The van der Waals surface area contributed by atoms with Gasteiger partial charge in [-0.1, -0.05) is 12.1 Å². The maximum absolute atomic E-state index is 14.0. The number of pyridine rings is 1. The first-order valence-corrected chi connectivity index (χ1v) is 18.3. The Kier molecular flexibility index (Phi) is 10.1. The van der Waals surface area contributed by atoms with Gasteiger partial charge in [0.2, 0.25) is 17.7 Å². The number of piperazine rings is 1. The third kappa shape index (κ3) is 6.95. The zero-order valence-electron chi connectivity index (χ0n) is 30.3. The summed E-state index contributed by atoms with van der Waals surface area (Å²) in [6.07, 6.45) is 7.28. The number of fused-ring (bicyclic) bond motifs is 3. The number of likely N-dealkylation sites (N-methyl/N-ethyl adjacent to an activating group) is 1. The standard InChI is InChI=1S/C38H49N9O4/c1-5-50-30-10-11-32-28(22-30)14-17-46(34(48)25-43(3)4)38(32)15-12-27(13-16-38)37(49)45-20-18-44(19-21-45)35-31-23-41-47(36(31)40-26-39-35)24-29-8-7-9-33(42-29)51-6-2/h7-11,22-23,26-27H,5-6,12-21,24-25H2,1-4H3/t27-,38+. The first kappa shape index (κ1) is 34.7. The van der Waals surface area contributed by atoms with Crippen LogP contribution in [0.4, 0.5) is 5.82 Å². The highest BCUT2D eigenvalue weighted by Crippen LogP contribution is 2.48. The minimum Gasteiger partial charge on any atom is -0.494 e. The van der Waals surface area contributed by atoms with Gasteiger partial charge in [0.05, 0.1) is 49.1 Å². The summed E-state index contributed by atoms with van der Waals surface area (Å²) in [7, 11) is 3.88. The molecular weight excluding hydrogens is 646 g/mol. The fourth-order valence-electron chi connectivity index (χ4n) is 8.25. The summed E-state index contributed by atoms with van der Waals surface area (Å²) in [4.78, 5) is 49.7. The monoisotopic (exact) mass is 695 g/mol. The van der Waals surface area contributed by atoms with E-state index in [0.717, 1.165) is 60.4 Å². The van der Waals surface area contributed by atoms with Gasteiger partial charge in [-0.15, -0.1) is 0 Å². The van der Waals surface area contributed by atoms with Crippen LogP contribution in [0, 0.1) is 5.92 Å². The molecule has 0 unspecified atom stereocenters. The number of hydrogen-bond acceptors (Lipinski definition) is 10. The molecule has 1 aliphatic carbocycles. The Hall–Kier alpha value is -4.78. The Bertz CT molecular complexity index is 1860. The van der Waals surface area contributed by atoms with Crippen LogP contribution in [0.2, 0.25) is 0 Å². The lowest BCUT2D eigenvalue weighted by Crippen LogP contribution is -2.57. The number of ether oxygens (including phenoxy) is 2. The van der Waals surface area contributed by atoms with Gasteiger partial charge in [-0.05, 0) is 89.4 Å². The quantitative estimate of drug-likeness (QED) is 0.243. The Morgan fingerprint density at radius 2 is 1.75 bits per heavy atom. The Balaban J connectivity index is 1.01. The molecule has 0 atom stereocenters. The molecule has 2 fully saturated rings. The molecule has 0 radical (unpaired) electrons. The highest BCUT2D eigenvalue weighted by atomic mass is 16.5. The molecule has 13 heteroatoms. The SMILES string of the molecule is CCOc1ccc2c(c1)CCN(C(=O)CN(C)C)[C@]21CC[C@@H](C(=O)N2CCN(c3ncnc4c3cnn4Cc3cccc(OCC)n3)CC2)CC1. The topological polar surface area (TPSA) is 122 Å². The van der Waals surface area contributed by atoms with Crippen LogP contribution in [0.5, 0.6) is 11.6 Å². The summed E-state index contributed by atoms with van der Waals surface area (Å²) < 4.78 is 13.2.